The number of carbonyl (C=O) groups excluding carboxylic acids is 2. The van der Waals surface area contributed by atoms with E-state index in [9.17, 15) is 9.59 Å². The molecule has 2 amide bonds. The van der Waals surface area contributed by atoms with Crippen molar-refractivity contribution in [2.24, 2.45) is 0 Å². The molecule has 0 saturated heterocycles. The molecule has 1 unspecified atom stereocenters. The SMILES string of the molecule is CNC(=O)c1cc(C(=O)Nc2ccncc2)cc2c1OCC2c1ccccc1. The first-order chi connectivity index (χ1) is 13.7. The molecule has 1 atom stereocenters. The molecule has 0 saturated carbocycles. The highest BCUT2D eigenvalue weighted by Crippen LogP contribution is 2.41. The monoisotopic (exact) mass is 373 g/mol. The van der Waals surface area contributed by atoms with Crippen molar-refractivity contribution in [2.75, 3.05) is 19.0 Å². The van der Waals surface area contributed by atoms with Crippen LogP contribution in [-0.4, -0.2) is 30.5 Å². The van der Waals surface area contributed by atoms with Gasteiger partial charge in [0.25, 0.3) is 11.8 Å². The maximum atomic E-state index is 12.8. The minimum Gasteiger partial charge on any atom is -0.491 e. The summed E-state index contributed by atoms with van der Waals surface area (Å²) >= 11 is 0. The highest BCUT2D eigenvalue weighted by Gasteiger charge is 2.31. The molecule has 1 aliphatic heterocycles. The number of rotatable bonds is 4. The first kappa shape index (κ1) is 17.7. The van der Waals surface area contributed by atoms with Crippen molar-refractivity contribution >= 4 is 17.5 Å². The predicted molar refractivity (Wildman–Crippen MR) is 106 cm³/mol. The summed E-state index contributed by atoms with van der Waals surface area (Å²) in [6.45, 7) is 0.429. The van der Waals surface area contributed by atoms with Crippen molar-refractivity contribution in [2.45, 2.75) is 5.92 Å². The topological polar surface area (TPSA) is 80.3 Å². The Morgan fingerprint density at radius 2 is 1.79 bits per heavy atom. The van der Waals surface area contributed by atoms with E-state index in [1.807, 2.05) is 36.4 Å². The van der Waals surface area contributed by atoms with Crippen molar-refractivity contribution in [3.05, 3.63) is 89.2 Å². The van der Waals surface area contributed by atoms with Gasteiger partial charge < -0.3 is 15.4 Å². The van der Waals surface area contributed by atoms with Crippen molar-refractivity contribution < 1.29 is 14.3 Å². The van der Waals surface area contributed by atoms with Gasteiger partial charge in [0.1, 0.15) is 5.75 Å². The first-order valence-corrected chi connectivity index (χ1v) is 8.96. The number of fused-ring (bicyclic) bond motifs is 1. The summed E-state index contributed by atoms with van der Waals surface area (Å²) in [6.07, 6.45) is 3.21. The van der Waals surface area contributed by atoms with Gasteiger partial charge >= 0.3 is 0 Å². The van der Waals surface area contributed by atoms with E-state index in [0.29, 0.717) is 29.2 Å². The highest BCUT2D eigenvalue weighted by molar-refractivity contribution is 6.07. The van der Waals surface area contributed by atoms with E-state index in [2.05, 4.69) is 15.6 Å². The summed E-state index contributed by atoms with van der Waals surface area (Å²) in [5.41, 5.74) is 3.32. The average molecular weight is 373 g/mol. The summed E-state index contributed by atoms with van der Waals surface area (Å²) < 4.78 is 5.87. The largest absolute Gasteiger partial charge is 0.491 e. The number of hydrogen-bond acceptors (Lipinski definition) is 4. The first-order valence-electron chi connectivity index (χ1n) is 8.96. The van der Waals surface area contributed by atoms with E-state index < -0.39 is 0 Å². The van der Waals surface area contributed by atoms with Crippen LogP contribution in [0.3, 0.4) is 0 Å². The molecule has 28 heavy (non-hydrogen) atoms. The molecule has 0 aliphatic carbocycles. The minimum absolute atomic E-state index is 0.0340. The average Bonchev–Trinajstić information content (AvgIpc) is 3.18. The van der Waals surface area contributed by atoms with Crippen molar-refractivity contribution in [3.63, 3.8) is 0 Å². The van der Waals surface area contributed by atoms with Crippen LogP contribution >= 0.6 is 0 Å². The van der Waals surface area contributed by atoms with Crippen molar-refractivity contribution in [1.82, 2.24) is 10.3 Å². The maximum absolute atomic E-state index is 12.8. The van der Waals surface area contributed by atoms with E-state index in [-0.39, 0.29) is 17.7 Å². The second-order valence-electron chi connectivity index (χ2n) is 6.49. The number of aromatic nitrogens is 1. The second-order valence-corrected chi connectivity index (χ2v) is 6.49. The molecule has 2 aromatic carbocycles. The zero-order valence-electron chi connectivity index (χ0n) is 15.3. The van der Waals surface area contributed by atoms with Crippen LogP contribution in [0.5, 0.6) is 5.75 Å². The predicted octanol–water partition coefficient (Wildman–Crippen LogP) is 3.22. The van der Waals surface area contributed by atoms with Gasteiger partial charge in [0.05, 0.1) is 12.2 Å². The van der Waals surface area contributed by atoms with Crippen molar-refractivity contribution in [3.8, 4) is 5.75 Å². The Labute approximate surface area is 162 Å². The Kier molecular flexibility index (Phi) is 4.76. The second kappa shape index (κ2) is 7.52. The van der Waals surface area contributed by atoms with Crippen LogP contribution < -0.4 is 15.4 Å². The third kappa shape index (κ3) is 3.32. The number of anilines is 1. The Bertz CT molecular complexity index is 1020. The lowest BCUT2D eigenvalue weighted by atomic mass is 9.90. The number of pyridine rings is 1. The van der Waals surface area contributed by atoms with Gasteiger partial charge in [0.2, 0.25) is 0 Å². The molecule has 0 fully saturated rings. The van der Waals surface area contributed by atoms with Gasteiger partial charge in [-0.1, -0.05) is 30.3 Å². The summed E-state index contributed by atoms with van der Waals surface area (Å²) in [4.78, 5) is 29.2. The number of nitrogens with zero attached hydrogens (tertiary/aromatic N) is 1. The van der Waals surface area contributed by atoms with Crippen LogP contribution in [0, 0.1) is 0 Å². The van der Waals surface area contributed by atoms with Gasteiger partial charge in [0.15, 0.2) is 0 Å². The van der Waals surface area contributed by atoms with Crippen LogP contribution in [0.2, 0.25) is 0 Å². The third-order valence-corrected chi connectivity index (χ3v) is 4.76. The van der Waals surface area contributed by atoms with Gasteiger partial charge in [0, 0.05) is 42.2 Å². The Morgan fingerprint density at radius 3 is 2.50 bits per heavy atom. The summed E-state index contributed by atoms with van der Waals surface area (Å²) in [7, 11) is 1.56. The van der Waals surface area contributed by atoms with E-state index in [0.717, 1.165) is 11.1 Å². The molecule has 1 aromatic heterocycles. The fourth-order valence-electron chi connectivity index (χ4n) is 3.36. The number of hydrogen-bond donors (Lipinski definition) is 2. The van der Waals surface area contributed by atoms with E-state index >= 15 is 0 Å². The smallest absolute Gasteiger partial charge is 0.255 e. The fraction of sp³-hybridized carbons (Fsp3) is 0.136. The minimum atomic E-state index is -0.294. The number of carbonyl (C=O) groups is 2. The number of benzene rings is 2. The van der Waals surface area contributed by atoms with Gasteiger partial charge in [-0.2, -0.15) is 0 Å². The molecule has 3 aromatic rings. The molecule has 2 heterocycles. The van der Waals surface area contributed by atoms with E-state index in [1.54, 1.807) is 37.6 Å². The summed E-state index contributed by atoms with van der Waals surface area (Å²) in [6, 6.07) is 16.7. The Hall–Kier alpha value is -3.67. The summed E-state index contributed by atoms with van der Waals surface area (Å²) in [5, 5.41) is 5.46. The van der Waals surface area contributed by atoms with E-state index in [4.69, 9.17) is 4.74 Å². The number of ether oxygens (including phenoxy) is 1. The lowest BCUT2D eigenvalue weighted by molar-refractivity contribution is 0.0960. The molecule has 6 heteroatoms. The molecular formula is C22H19N3O3. The molecule has 2 N–H and O–H groups in total. The maximum Gasteiger partial charge on any atom is 0.255 e. The lowest BCUT2D eigenvalue weighted by Gasteiger charge is -2.13. The molecule has 0 spiro atoms. The Balaban J connectivity index is 1.76. The molecular weight excluding hydrogens is 354 g/mol. The lowest BCUT2D eigenvalue weighted by Crippen LogP contribution is -2.20. The number of amides is 2. The summed E-state index contributed by atoms with van der Waals surface area (Å²) in [5.74, 6) is -0.0802. The zero-order chi connectivity index (χ0) is 19.5. The van der Waals surface area contributed by atoms with E-state index in [1.165, 1.54) is 0 Å². The van der Waals surface area contributed by atoms with Crippen LogP contribution in [0.4, 0.5) is 5.69 Å². The molecule has 0 bridgehead atoms. The highest BCUT2D eigenvalue weighted by atomic mass is 16.5. The number of nitrogens with one attached hydrogen (secondary N) is 2. The fourth-order valence-corrected chi connectivity index (χ4v) is 3.36. The van der Waals surface area contributed by atoms with Crippen LogP contribution in [0.25, 0.3) is 0 Å². The van der Waals surface area contributed by atoms with Crippen LogP contribution in [0.15, 0.2) is 67.0 Å². The van der Waals surface area contributed by atoms with Crippen LogP contribution in [-0.2, 0) is 0 Å². The molecule has 1 aliphatic rings. The normalized spacial score (nSPS) is 14.7. The van der Waals surface area contributed by atoms with Gasteiger partial charge in [-0.25, -0.2) is 0 Å². The quantitative estimate of drug-likeness (QED) is 0.736. The van der Waals surface area contributed by atoms with Gasteiger partial charge in [-0.15, -0.1) is 0 Å². The third-order valence-electron chi connectivity index (χ3n) is 4.76. The molecule has 4 rings (SSSR count). The van der Waals surface area contributed by atoms with Gasteiger partial charge in [-0.05, 0) is 29.8 Å². The van der Waals surface area contributed by atoms with Crippen molar-refractivity contribution in [1.29, 1.82) is 0 Å². The molecule has 0 radical (unpaired) electrons. The van der Waals surface area contributed by atoms with Gasteiger partial charge in [-0.3, -0.25) is 14.6 Å². The standard InChI is InChI=1S/C22H19N3O3/c1-23-22(27)18-12-15(21(26)25-16-7-9-24-10-8-16)11-17-19(13-28-20(17)18)14-5-3-2-4-6-14/h2-12,19H,13H2,1H3,(H,23,27)(H,24,25,26). The molecule has 6 nitrogen and oxygen atoms in total. The van der Waals surface area contributed by atoms with Crippen LogP contribution in [0.1, 0.15) is 37.8 Å². The Morgan fingerprint density at radius 1 is 1.04 bits per heavy atom. The zero-order valence-corrected chi connectivity index (χ0v) is 15.3. The molecule has 140 valence electrons.